The number of aromatic nitrogens is 1. The highest BCUT2D eigenvalue weighted by Gasteiger charge is 2.39. The van der Waals surface area contributed by atoms with E-state index in [-0.39, 0.29) is 24.8 Å². The van der Waals surface area contributed by atoms with Crippen LogP contribution in [0, 0.1) is 0 Å². The maximum atomic E-state index is 13.3. The molecule has 1 aliphatic rings. The molecule has 1 fully saturated rings. The Hall–Kier alpha value is -3.56. The molecule has 10 heteroatoms. The topological polar surface area (TPSA) is 93.1 Å². The number of pyridine rings is 1. The van der Waals surface area contributed by atoms with Crippen LogP contribution in [0.15, 0.2) is 71.9 Å². The Morgan fingerprint density at radius 3 is 2.63 bits per heavy atom. The quantitative estimate of drug-likeness (QED) is 0.462. The van der Waals surface area contributed by atoms with Gasteiger partial charge in [-0.2, -0.15) is 0 Å². The lowest BCUT2D eigenvalue weighted by molar-refractivity contribution is -0.128. The van der Waals surface area contributed by atoms with E-state index in [9.17, 15) is 9.59 Å². The highest BCUT2D eigenvalue weighted by Crippen LogP contribution is 2.34. The van der Waals surface area contributed by atoms with Crippen molar-refractivity contribution in [2.75, 3.05) is 19.5 Å². The lowest BCUT2D eigenvalue weighted by atomic mass is 10.2. The summed E-state index contributed by atoms with van der Waals surface area (Å²) in [5.74, 6) is 0.534. The minimum absolute atomic E-state index is 0.0395. The molecule has 1 unspecified atom stereocenters. The summed E-state index contributed by atoms with van der Waals surface area (Å²) in [6, 6.07) is 17.6. The molecule has 1 N–H and O–H groups in total. The zero-order chi connectivity index (χ0) is 24.8. The smallest absolute Gasteiger partial charge is 0.243 e. The fourth-order valence-corrected chi connectivity index (χ4v) is 4.71. The number of halogens is 1. The Morgan fingerprint density at radius 2 is 1.94 bits per heavy atom. The van der Waals surface area contributed by atoms with E-state index in [2.05, 4.69) is 15.3 Å². The monoisotopic (exact) mass is 510 g/mol. The summed E-state index contributed by atoms with van der Waals surface area (Å²) in [6.45, 7) is 0.251. The van der Waals surface area contributed by atoms with Crippen molar-refractivity contribution in [2.45, 2.75) is 18.2 Å². The van der Waals surface area contributed by atoms with Crippen LogP contribution in [0.1, 0.15) is 12.1 Å². The second-order valence-electron chi connectivity index (χ2n) is 7.54. The van der Waals surface area contributed by atoms with Crippen LogP contribution in [0.5, 0.6) is 11.5 Å². The molecule has 2 aromatic carbocycles. The first-order chi connectivity index (χ1) is 17.0. The van der Waals surface area contributed by atoms with E-state index in [1.165, 1.54) is 18.9 Å². The third kappa shape index (κ3) is 6.12. The summed E-state index contributed by atoms with van der Waals surface area (Å²) in [5.41, 5.74) is 1.84. The van der Waals surface area contributed by atoms with Crippen molar-refractivity contribution >= 4 is 51.7 Å². The number of nitrogens with one attached hydrogen (secondary N) is 1. The lowest BCUT2D eigenvalue weighted by Crippen LogP contribution is -2.33. The van der Waals surface area contributed by atoms with E-state index in [1.807, 2.05) is 18.2 Å². The molecule has 0 aliphatic carbocycles. The maximum Gasteiger partial charge on any atom is 0.243 e. The molecule has 2 heterocycles. The molecule has 1 aromatic heterocycles. The second kappa shape index (κ2) is 11.2. The maximum absolute atomic E-state index is 13.3. The van der Waals surface area contributed by atoms with E-state index in [0.717, 1.165) is 5.69 Å². The predicted molar refractivity (Wildman–Crippen MR) is 138 cm³/mol. The summed E-state index contributed by atoms with van der Waals surface area (Å²) in [6.07, 6.45) is 1.63. The number of carbonyl (C=O) groups excluding carboxylic acids is 2. The van der Waals surface area contributed by atoms with Crippen molar-refractivity contribution in [1.29, 1.82) is 0 Å². The molecular formula is C25H23ClN4O4S. The fourth-order valence-electron chi connectivity index (χ4n) is 3.43. The molecule has 2 amide bonds. The molecule has 35 heavy (non-hydrogen) atoms. The van der Waals surface area contributed by atoms with Crippen LogP contribution in [-0.4, -0.2) is 46.3 Å². The first-order valence-corrected chi connectivity index (χ1v) is 12.0. The molecule has 0 spiro atoms. The first kappa shape index (κ1) is 24.6. The number of benzene rings is 2. The highest BCUT2D eigenvalue weighted by molar-refractivity contribution is 8.15. The van der Waals surface area contributed by atoms with Crippen molar-refractivity contribution in [3.05, 3.63) is 77.6 Å². The summed E-state index contributed by atoms with van der Waals surface area (Å²) < 4.78 is 10.6. The third-order valence-corrected chi connectivity index (χ3v) is 6.60. The van der Waals surface area contributed by atoms with Crippen LogP contribution in [0.4, 0.5) is 11.4 Å². The standard InChI is InChI=1S/C25H23ClN4O4S/c1-33-19-10-11-21(34-2)20(13-19)29-23(31)14-22-24(32)30(15-18-5-3-4-12-27-18)25(35-22)28-17-8-6-16(26)7-9-17/h3-13,22H,14-15H2,1-2H3,(H,29,31). The molecule has 1 aliphatic heterocycles. The summed E-state index contributed by atoms with van der Waals surface area (Å²) in [4.78, 5) is 36.8. The number of amides is 2. The number of anilines is 1. The number of hydrogen-bond acceptors (Lipinski definition) is 7. The molecular weight excluding hydrogens is 488 g/mol. The molecule has 8 nitrogen and oxygen atoms in total. The highest BCUT2D eigenvalue weighted by atomic mass is 35.5. The van der Waals surface area contributed by atoms with Gasteiger partial charge in [0.2, 0.25) is 11.8 Å². The van der Waals surface area contributed by atoms with Crippen molar-refractivity contribution in [3.8, 4) is 11.5 Å². The number of carbonyl (C=O) groups is 2. The average molecular weight is 511 g/mol. The molecule has 3 aromatic rings. The van der Waals surface area contributed by atoms with E-state index in [4.69, 9.17) is 21.1 Å². The van der Waals surface area contributed by atoms with Crippen molar-refractivity contribution < 1.29 is 19.1 Å². The zero-order valence-electron chi connectivity index (χ0n) is 19.1. The molecule has 0 bridgehead atoms. The van der Waals surface area contributed by atoms with Crippen LogP contribution < -0.4 is 14.8 Å². The lowest BCUT2D eigenvalue weighted by Gasteiger charge is -2.16. The predicted octanol–water partition coefficient (Wildman–Crippen LogP) is 4.91. The number of hydrogen-bond donors (Lipinski definition) is 1. The van der Waals surface area contributed by atoms with Gasteiger partial charge in [-0.3, -0.25) is 19.5 Å². The van der Waals surface area contributed by atoms with Gasteiger partial charge in [0.25, 0.3) is 0 Å². The Balaban J connectivity index is 1.54. The number of thioether (sulfide) groups is 1. The van der Waals surface area contributed by atoms with Gasteiger partial charge in [0.05, 0.1) is 37.8 Å². The minimum Gasteiger partial charge on any atom is -0.497 e. The molecule has 180 valence electrons. The van der Waals surface area contributed by atoms with Gasteiger partial charge in [0, 0.05) is 23.7 Å². The number of rotatable bonds is 8. The van der Waals surface area contributed by atoms with Crippen LogP contribution in [0.25, 0.3) is 0 Å². The molecule has 4 rings (SSSR count). The van der Waals surface area contributed by atoms with E-state index < -0.39 is 5.25 Å². The largest absolute Gasteiger partial charge is 0.497 e. The van der Waals surface area contributed by atoms with E-state index >= 15 is 0 Å². The number of aliphatic imine (C=N–C) groups is 1. The number of nitrogens with zero attached hydrogens (tertiary/aromatic N) is 3. The summed E-state index contributed by atoms with van der Waals surface area (Å²) >= 11 is 7.24. The van der Waals surface area contributed by atoms with Gasteiger partial charge in [-0.05, 0) is 48.5 Å². The van der Waals surface area contributed by atoms with Crippen LogP contribution in [0.3, 0.4) is 0 Å². The number of methoxy groups -OCH3 is 2. The van der Waals surface area contributed by atoms with E-state index in [0.29, 0.717) is 33.1 Å². The van der Waals surface area contributed by atoms with Crippen molar-refractivity contribution in [1.82, 2.24) is 9.88 Å². The normalized spacial score (nSPS) is 16.4. The van der Waals surface area contributed by atoms with Crippen molar-refractivity contribution in [2.24, 2.45) is 4.99 Å². The van der Waals surface area contributed by atoms with Gasteiger partial charge in [0.15, 0.2) is 5.17 Å². The third-order valence-electron chi connectivity index (χ3n) is 5.17. The Kier molecular flexibility index (Phi) is 7.89. The Bertz CT molecular complexity index is 1240. The van der Waals surface area contributed by atoms with E-state index in [1.54, 1.807) is 60.7 Å². The number of amidine groups is 1. The second-order valence-corrected chi connectivity index (χ2v) is 9.15. The Morgan fingerprint density at radius 1 is 1.14 bits per heavy atom. The summed E-state index contributed by atoms with van der Waals surface area (Å²) in [7, 11) is 3.06. The molecule has 0 radical (unpaired) electrons. The van der Waals surface area contributed by atoms with Crippen LogP contribution in [-0.2, 0) is 16.1 Å². The summed E-state index contributed by atoms with van der Waals surface area (Å²) in [5, 5.41) is 3.28. The zero-order valence-corrected chi connectivity index (χ0v) is 20.7. The minimum atomic E-state index is -0.638. The van der Waals surface area contributed by atoms with Gasteiger partial charge >= 0.3 is 0 Å². The molecule has 1 atom stereocenters. The van der Waals surface area contributed by atoms with Crippen molar-refractivity contribution in [3.63, 3.8) is 0 Å². The molecule has 0 saturated carbocycles. The SMILES string of the molecule is COc1ccc(OC)c(NC(=O)CC2SC(=Nc3ccc(Cl)cc3)N(Cc3ccccn3)C2=O)c1. The van der Waals surface area contributed by atoms with Crippen LogP contribution >= 0.6 is 23.4 Å². The number of ether oxygens (including phenoxy) is 2. The van der Waals surface area contributed by atoms with Gasteiger partial charge in [-0.15, -0.1) is 0 Å². The van der Waals surface area contributed by atoms with Gasteiger partial charge < -0.3 is 14.8 Å². The Labute approximate surface area is 212 Å². The average Bonchev–Trinajstić information content (AvgIpc) is 3.14. The fraction of sp³-hybridized carbons (Fsp3) is 0.200. The van der Waals surface area contributed by atoms with Crippen LogP contribution in [0.2, 0.25) is 5.02 Å². The first-order valence-electron chi connectivity index (χ1n) is 10.7. The van der Waals surface area contributed by atoms with Gasteiger partial charge in [0.1, 0.15) is 16.7 Å². The van der Waals surface area contributed by atoms with Gasteiger partial charge in [-0.1, -0.05) is 29.4 Å². The molecule has 1 saturated heterocycles. The van der Waals surface area contributed by atoms with Gasteiger partial charge in [-0.25, -0.2) is 4.99 Å².